The lowest BCUT2D eigenvalue weighted by Crippen LogP contribution is -2.40. The van der Waals surface area contributed by atoms with Crippen LogP contribution in [0.15, 0.2) is 30.3 Å². The monoisotopic (exact) mass is 307 g/mol. The predicted molar refractivity (Wildman–Crippen MR) is 85.5 cm³/mol. The van der Waals surface area contributed by atoms with Crippen LogP contribution in [0.3, 0.4) is 0 Å². The maximum Gasteiger partial charge on any atom is 0.314 e. The zero-order valence-corrected chi connectivity index (χ0v) is 13.4. The van der Waals surface area contributed by atoms with Gasteiger partial charge in [-0.15, -0.1) is 0 Å². The lowest BCUT2D eigenvalue weighted by Gasteiger charge is -2.16. The van der Waals surface area contributed by atoms with E-state index < -0.39 is 0 Å². The van der Waals surface area contributed by atoms with Crippen LogP contribution in [-0.4, -0.2) is 38.2 Å². The molecule has 0 aromatic heterocycles. The van der Waals surface area contributed by atoms with Gasteiger partial charge in [0.1, 0.15) is 0 Å². The summed E-state index contributed by atoms with van der Waals surface area (Å²) in [6, 6.07) is 9.47. The summed E-state index contributed by atoms with van der Waals surface area (Å²) in [7, 11) is 1.60. The third-order valence-corrected chi connectivity index (χ3v) is 2.99. The molecule has 0 heterocycles. The minimum absolute atomic E-state index is 0.0747. The van der Waals surface area contributed by atoms with Gasteiger partial charge in [-0.05, 0) is 19.4 Å². The summed E-state index contributed by atoms with van der Waals surface area (Å²) < 4.78 is 5.37. The quantitative estimate of drug-likeness (QED) is 0.682. The highest BCUT2D eigenvalue weighted by molar-refractivity contribution is 5.78. The van der Waals surface area contributed by atoms with Crippen molar-refractivity contribution < 1.29 is 14.3 Å². The molecule has 0 bridgehead atoms. The van der Waals surface area contributed by atoms with Gasteiger partial charge in [-0.3, -0.25) is 4.79 Å². The molecule has 1 aromatic rings. The fourth-order valence-electron chi connectivity index (χ4n) is 1.94. The van der Waals surface area contributed by atoms with Gasteiger partial charge in [0.05, 0.1) is 6.10 Å². The molecule has 6 heteroatoms. The number of nitrogens with one attached hydrogen (secondary N) is 3. The number of benzene rings is 1. The van der Waals surface area contributed by atoms with Crippen molar-refractivity contribution in [3.05, 3.63) is 35.9 Å². The van der Waals surface area contributed by atoms with E-state index in [0.717, 1.165) is 5.56 Å². The van der Waals surface area contributed by atoms with Crippen LogP contribution in [0, 0.1) is 0 Å². The molecule has 1 aromatic carbocycles. The Kier molecular flexibility index (Phi) is 7.99. The van der Waals surface area contributed by atoms with Gasteiger partial charge in [-0.25, -0.2) is 4.79 Å². The summed E-state index contributed by atoms with van der Waals surface area (Å²) in [6.45, 7) is 4.46. The number of amides is 3. The molecule has 3 N–H and O–H groups in total. The van der Waals surface area contributed by atoms with Crippen molar-refractivity contribution in [2.75, 3.05) is 20.2 Å². The van der Waals surface area contributed by atoms with Crippen molar-refractivity contribution >= 4 is 11.9 Å². The molecule has 0 saturated carbocycles. The van der Waals surface area contributed by atoms with Crippen LogP contribution in [0.2, 0.25) is 0 Å². The molecular weight excluding hydrogens is 282 g/mol. The molecule has 0 aliphatic heterocycles. The Morgan fingerprint density at radius 1 is 1.14 bits per heavy atom. The van der Waals surface area contributed by atoms with E-state index >= 15 is 0 Å². The Bertz CT molecular complexity index is 463. The number of hydrogen-bond acceptors (Lipinski definition) is 3. The minimum atomic E-state index is -0.310. The number of hydrogen-bond donors (Lipinski definition) is 3. The number of rotatable bonds is 8. The fraction of sp³-hybridized carbons (Fsp3) is 0.500. The highest BCUT2D eigenvalue weighted by atomic mass is 16.5. The summed E-state index contributed by atoms with van der Waals surface area (Å²) in [4.78, 5) is 23.1. The SMILES string of the molecule is COC(CNC(=O)NCCC(=O)NC(C)C)c1ccccc1. The first kappa shape index (κ1) is 18.0. The standard InChI is InChI=1S/C16H25N3O3/c1-12(2)19-15(20)9-10-17-16(21)18-11-14(22-3)13-7-5-4-6-8-13/h4-8,12,14H,9-11H2,1-3H3,(H,19,20)(H2,17,18,21). The second-order valence-corrected chi connectivity index (χ2v) is 5.24. The van der Waals surface area contributed by atoms with Crippen molar-refractivity contribution in [1.29, 1.82) is 0 Å². The van der Waals surface area contributed by atoms with E-state index in [-0.39, 0.29) is 30.5 Å². The maximum atomic E-state index is 11.7. The van der Waals surface area contributed by atoms with Crippen molar-refractivity contribution in [3.63, 3.8) is 0 Å². The van der Waals surface area contributed by atoms with Crippen LogP contribution in [-0.2, 0) is 9.53 Å². The van der Waals surface area contributed by atoms with E-state index in [4.69, 9.17) is 4.74 Å². The first-order valence-electron chi connectivity index (χ1n) is 7.41. The molecule has 1 unspecified atom stereocenters. The van der Waals surface area contributed by atoms with Crippen LogP contribution < -0.4 is 16.0 Å². The van der Waals surface area contributed by atoms with Crippen LogP contribution in [0.4, 0.5) is 4.79 Å². The van der Waals surface area contributed by atoms with E-state index in [1.807, 2.05) is 44.2 Å². The molecular formula is C16H25N3O3. The number of urea groups is 1. The molecule has 122 valence electrons. The Labute approximate surface area is 131 Å². The maximum absolute atomic E-state index is 11.7. The zero-order chi connectivity index (χ0) is 16.4. The fourth-order valence-corrected chi connectivity index (χ4v) is 1.94. The third-order valence-electron chi connectivity index (χ3n) is 2.99. The first-order chi connectivity index (χ1) is 10.5. The smallest absolute Gasteiger partial charge is 0.314 e. The predicted octanol–water partition coefficient (Wildman–Crippen LogP) is 1.59. The summed E-state index contributed by atoms with van der Waals surface area (Å²) >= 11 is 0. The van der Waals surface area contributed by atoms with Gasteiger partial charge in [-0.1, -0.05) is 30.3 Å². The van der Waals surface area contributed by atoms with E-state index in [2.05, 4.69) is 16.0 Å². The normalized spacial score (nSPS) is 11.8. The molecule has 0 aliphatic rings. The Hall–Kier alpha value is -2.08. The summed E-state index contributed by atoms with van der Waals surface area (Å²) in [5.41, 5.74) is 1.00. The topological polar surface area (TPSA) is 79.5 Å². The van der Waals surface area contributed by atoms with Gasteiger partial charge in [0.2, 0.25) is 5.91 Å². The van der Waals surface area contributed by atoms with E-state index in [0.29, 0.717) is 13.1 Å². The summed E-state index contributed by atoms with van der Waals surface area (Å²) in [6.07, 6.45) is 0.0639. The van der Waals surface area contributed by atoms with Crippen molar-refractivity contribution in [2.24, 2.45) is 0 Å². The molecule has 1 rings (SSSR count). The summed E-state index contributed by atoms with van der Waals surface area (Å²) in [5.74, 6) is -0.0747. The average molecular weight is 307 g/mol. The Morgan fingerprint density at radius 2 is 1.82 bits per heavy atom. The molecule has 0 spiro atoms. The number of methoxy groups -OCH3 is 1. The van der Waals surface area contributed by atoms with Crippen molar-refractivity contribution in [1.82, 2.24) is 16.0 Å². The second-order valence-electron chi connectivity index (χ2n) is 5.24. The average Bonchev–Trinajstić information content (AvgIpc) is 2.48. The number of carbonyl (C=O) groups is 2. The van der Waals surface area contributed by atoms with Gasteiger partial charge >= 0.3 is 6.03 Å². The second kappa shape index (κ2) is 9.78. The highest BCUT2D eigenvalue weighted by Gasteiger charge is 2.11. The van der Waals surface area contributed by atoms with Crippen LogP contribution in [0.1, 0.15) is 31.9 Å². The number of ether oxygens (including phenoxy) is 1. The van der Waals surface area contributed by atoms with Crippen LogP contribution in [0.25, 0.3) is 0 Å². The Balaban J connectivity index is 2.26. The van der Waals surface area contributed by atoms with Crippen molar-refractivity contribution in [2.45, 2.75) is 32.4 Å². The van der Waals surface area contributed by atoms with Gasteiger partial charge in [0, 0.05) is 32.7 Å². The summed E-state index contributed by atoms with van der Waals surface area (Å²) in [5, 5.41) is 8.16. The lowest BCUT2D eigenvalue weighted by molar-refractivity contribution is -0.121. The van der Waals surface area contributed by atoms with Gasteiger partial charge in [-0.2, -0.15) is 0 Å². The minimum Gasteiger partial charge on any atom is -0.375 e. The first-order valence-corrected chi connectivity index (χ1v) is 7.41. The molecule has 1 atom stereocenters. The number of carbonyl (C=O) groups excluding carboxylic acids is 2. The van der Waals surface area contributed by atoms with Gasteiger partial charge in [0.15, 0.2) is 0 Å². The van der Waals surface area contributed by atoms with E-state index in [9.17, 15) is 9.59 Å². The molecule has 0 radical (unpaired) electrons. The molecule has 3 amide bonds. The van der Waals surface area contributed by atoms with Crippen molar-refractivity contribution in [3.8, 4) is 0 Å². The molecule has 6 nitrogen and oxygen atoms in total. The van der Waals surface area contributed by atoms with Gasteiger partial charge < -0.3 is 20.7 Å². The molecule has 0 aliphatic carbocycles. The highest BCUT2D eigenvalue weighted by Crippen LogP contribution is 2.14. The Morgan fingerprint density at radius 3 is 2.41 bits per heavy atom. The zero-order valence-electron chi connectivity index (χ0n) is 13.4. The third kappa shape index (κ3) is 7.08. The van der Waals surface area contributed by atoms with Gasteiger partial charge in [0.25, 0.3) is 0 Å². The van der Waals surface area contributed by atoms with E-state index in [1.54, 1.807) is 7.11 Å². The van der Waals surface area contributed by atoms with Crippen LogP contribution in [0.5, 0.6) is 0 Å². The lowest BCUT2D eigenvalue weighted by atomic mass is 10.1. The molecule has 0 saturated heterocycles. The largest absolute Gasteiger partial charge is 0.375 e. The van der Waals surface area contributed by atoms with Crippen LogP contribution >= 0.6 is 0 Å². The molecule has 0 fully saturated rings. The molecule has 22 heavy (non-hydrogen) atoms. The van der Waals surface area contributed by atoms with E-state index in [1.165, 1.54) is 0 Å².